The summed E-state index contributed by atoms with van der Waals surface area (Å²) < 4.78 is 12.8. The van der Waals surface area contributed by atoms with Crippen LogP contribution in [0.15, 0.2) is 59.8 Å². The molecule has 0 aliphatic carbocycles. The maximum atomic E-state index is 6.63. The molecule has 0 bridgehead atoms. The third-order valence-electron chi connectivity index (χ3n) is 8.12. The summed E-state index contributed by atoms with van der Waals surface area (Å²) in [6, 6.07) is 18.6. The molecule has 0 saturated heterocycles. The number of nitrogens with zero attached hydrogens (tertiary/aromatic N) is 2. The van der Waals surface area contributed by atoms with Gasteiger partial charge in [-0.1, -0.05) is 70.1 Å². The molecule has 0 saturated carbocycles. The minimum Gasteiger partial charge on any atom is -0.489 e. The van der Waals surface area contributed by atoms with E-state index in [1.54, 1.807) is 0 Å². The van der Waals surface area contributed by atoms with Gasteiger partial charge in [0, 0.05) is 29.0 Å². The highest BCUT2D eigenvalue weighted by molar-refractivity contribution is 6.74. The predicted octanol–water partition coefficient (Wildman–Crippen LogP) is 8.16. The number of benzene rings is 2. The van der Waals surface area contributed by atoms with Gasteiger partial charge in [0.25, 0.3) is 0 Å². The van der Waals surface area contributed by atoms with E-state index >= 15 is 0 Å². The first kappa shape index (κ1) is 27.3. The lowest BCUT2D eigenvalue weighted by atomic mass is 9.79. The van der Waals surface area contributed by atoms with Crippen molar-refractivity contribution in [1.82, 2.24) is 4.98 Å². The van der Waals surface area contributed by atoms with E-state index in [9.17, 15) is 0 Å². The molecule has 0 amide bonds. The Hall–Kier alpha value is -2.70. The summed E-state index contributed by atoms with van der Waals surface area (Å²) in [7, 11) is -1.91. The van der Waals surface area contributed by atoms with E-state index < -0.39 is 13.9 Å². The summed E-state index contributed by atoms with van der Waals surface area (Å²) >= 11 is 0. The molecular weight excluding hydrogens is 476 g/mol. The third-order valence-corrected chi connectivity index (χ3v) is 12.7. The van der Waals surface area contributed by atoms with E-state index in [0.29, 0.717) is 6.61 Å². The molecular formula is C31H42N2O3Si. The van der Waals surface area contributed by atoms with Gasteiger partial charge in [-0.15, -0.1) is 0 Å². The zero-order valence-electron chi connectivity index (χ0n) is 23.9. The van der Waals surface area contributed by atoms with E-state index in [2.05, 4.69) is 89.0 Å². The molecule has 0 N–H and O–H groups in total. The number of fused-ring (bicyclic) bond motifs is 1. The van der Waals surface area contributed by atoms with Crippen LogP contribution in [0, 0.1) is 12.8 Å². The molecule has 2 unspecified atom stereocenters. The molecule has 2 heterocycles. The number of ether oxygens (including phenoxy) is 1. The molecule has 1 aliphatic rings. The largest absolute Gasteiger partial charge is 0.489 e. The Bertz CT molecular complexity index is 1280. The Morgan fingerprint density at radius 2 is 1.70 bits per heavy atom. The van der Waals surface area contributed by atoms with Gasteiger partial charge in [0.15, 0.2) is 13.9 Å². The van der Waals surface area contributed by atoms with Crippen LogP contribution < -0.4 is 4.74 Å². The van der Waals surface area contributed by atoms with Gasteiger partial charge in [-0.05, 0) is 61.8 Å². The maximum absolute atomic E-state index is 6.63. The van der Waals surface area contributed by atoms with Gasteiger partial charge in [0.1, 0.15) is 12.4 Å². The summed E-state index contributed by atoms with van der Waals surface area (Å²) in [5.74, 6) is 1.07. The van der Waals surface area contributed by atoms with Crippen LogP contribution in [0.4, 0.5) is 0 Å². The van der Waals surface area contributed by atoms with Crippen molar-refractivity contribution >= 4 is 24.9 Å². The Kier molecular flexibility index (Phi) is 7.55. The smallest absolute Gasteiger partial charge is 0.192 e. The van der Waals surface area contributed by atoms with Crippen LogP contribution in [-0.2, 0) is 21.5 Å². The van der Waals surface area contributed by atoms with E-state index in [1.807, 2.05) is 37.3 Å². The van der Waals surface area contributed by atoms with E-state index in [-0.39, 0.29) is 17.1 Å². The number of rotatable bonds is 8. The number of para-hydroxylation sites is 1. The molecule has 1 aliphatic heterocycles. The average molecular weight is 519 g/mol. The molecule has 2 aromatic carbocycles. The van der Waals surface area contributed by atoms with E-state index in [0.717, 1.165) is 45.6 Å². The van der Waals surface area contributed by atoms with Gasteiger partial charge < -0.3 is 14.0 Å². The van der Waals surface area contributed by atoms with Crippen LogP contribution in [0.3, 0.4) is 0 Å². The fourth-order valence-corrected chi connectivity index (χ4v) is 6.06. The lowest BCUT2D eigenvalue weighted by Crippen LogP contribution is -2.45. The number of aromatic nitrogens is 1. The minimum absolute atomic E-state index is 0.0669. The second-order valence-corrected chi connectivity index (χ2v) is 16.9. The normalized spacial score (nSPS) is 19.1. The maximum Gasteiger partial charge on any atom is 0.192 e. The van der Waals surface area contributed by atoms with Crippen LogP contribution in [0.5, 0.6) is 5.75 Å². The Morgan fingerprint density at radius 3 is 2.35 bits per heavy atom. The minimum atomic E-state index is -1.91. The van der Waals surface area contributed by atoms with Crippen LogP contribution in [-0.4, -0.2) is 25.1 Å². The fourth-order valence-electron chi connectivity index (χ4n) is 4.68. The zero-order chi connectivity index (χ0) is 27.0. The number of pyridine rings is 1. The van der Waals surface area contributed by atoms with Crippen molar-refractivity contribution in [3.63, 3.8) is 0 Å². The van der Waals surface area contributed by atoms with Crippen molar-refractivity contribution in [2.45, 2.75) is 91.3 Å². The number of oxime groups is 1. The monoisotopic (exact) mass is 518 g/mol. The van der Waals surface area contributed by atoms with Crippen LogP contribution >= 0.6 is 0 Å². The van der Waals surface area contributed by atoms with Crippen molar-refractivity contribution in [3.05, 3.63) is 71.4 Å². The Morgan fingerprint density at radius 1 is 1.03 bits per heavy atom. The van der Waals surface area contributed by atoms with E-state index in [1.165, 1.54) is 0 Å². The zero-order valence-corrected chi connectivity index (χ0v) is 24.9. The van der Waals surface area contributed by atoms with Gasteiger partial charge >= 0.3 is 0 Å². The Labute approximate surface area is 223 Å². The molecule has 1 aromatic heterocycles. The first-order valence-corrected chi connectivity index (χ1v) is 16.2. The standard InChI is InChI=1S/C31H42N2O3Si/c1-21(2)31(19-29(33-36-31)23(4)35-37(8,9)30(5,6)7)25-14-16-26(17-15-25)34-20-24-18-22(3)32-28-13-11-10-12-27(24)28/h10-18,21,23H,19-20H2,1-9H3. The Balaban J connectivity index is 1.47. The predicted molar refractivity (Wildman–Crippen MR) is 155 cm³/mol. The van der Waals surface area contributed by atoms with Crippen molar-refractivity contribution in [3.8, 4) is 5.75 Å². The average Bonchev–Trinajstić information content (AvgIpc) is 3.29. The van der Waals surface area contributed by atoms with Crippen molar-refractivity contribution in [2.24, 2.45) is 11.1 Å². The van der Waals surface area contributed by atoms with Crippen LogP contribution in [0.25, 0.3) is 10.9 Å². The van der Waals surface area contributed by atoms with Crippen LogP contribution in [0.1, 0.15) is 64.8 Å². The lowest BCUT2D eigenvalue weighted by Gasteiger charge is -2.38. The molecule has 5 nitrogen and oxygen atoms in total. The third kappa shape index (κ3) is 5.60. The molecule has 0 spiro atoms. The summed E-state index contributed by atoms with van der Waals surface area (Å²) in [5.41, 5.74) is 4.72. The molecule has 4 rings (SSSR count). The summed E-state index contributed by atoms with van der Waals surface area (Å²) in [6.07, 6.45) is 0.658. The summed E-state index contributed by atoms with van der Waals surface area (Å²) in [4.78, 5) is 10.9. The molecule has 2 atom stereocenters. The van der Waals surface area contributed by atoms with Gasteiger partial charge in [-0.2, -0.15) is 0 Å². The van der Waals surface area contributed by atoms with E-state index in [4.69, 9.17) is 14.0 Å². The molecule has 3 aromatic rings. The molecule has 37 heavy (non-hydrogen) atoms. The highest BCUT2D eigenvalue weighted by atomic mass is 28.4. The first-order chi connectivity index (χ1) is 17.3. The quantitative estimate of drug-likeness (QED) is 0.282. The van der Waals surface area contributed by atoms with Gasteiger partial charge in [0.2, 0.25) is 0 Å². The van der Waals surface area contributed by atoms with Crippen molar-refractivity contribution in [2.75, 3.05) is 0 Å². The second kappa shape index (κ2) is 10.2. The summed E-state index contributed by atoms with van der Waals surface area (Å²) in [6.45, 7) is 20.4. The number of aryl methyl sites for hydroxylation is 1. The number of hydrogen-bond donors (Lipinski definition) is 0. The highest BCUT2D eigenvalue weighted by Crippen LogP contribution is 2.44. The topological polar surface area (TPSA) is 52.9 Å². The van der Waals surface area contributed by atoms with Gasteiger partial charge in [-0.25, -0.2) is 0 Å². The lowest BCUT2D eigenvalue weighted by molar-refractivity contribution is -0.0593. The highest BCUT2D eigenvalue weighted by Gasteiger charge is 2.47. The summed E-state index contributed by atoms with van der Waals surface area (Å²) in [5, 5.41) is 5.84. The van der Waals surface area contributed by atoms with Crippen LogP contribution in [0.2, 0.25) is 18.1 Å². The van der Waals surface area contributed by atoms with Crippen molar-refractivity contribution < 1.29 is 14.0 Å². The number of hydrogen-bond acceptors (Lipinski definition) is 5. The molecule has 6 heteroatoms. The molecule has 0 fully saturated rings. The SMILES string of the molecule is Cc1cc(COc2ccc(C3(C(C)C)CC(C(C)O[Si](C)(C)C(C)(C)C)=NO3)cc2)c2ccccc2n1. The second-order valence-electron chi connectivity index (χ2n) is 12.2. The van der Waals surface area contributed by atoms with Gasteiger partial charge in [-0.3, -0.25) is 4.98 Å². The van der Waals surface area contributed by atoms with Crippen molar-refractivity contribution in [1.29, 1.82) is 0 Å². The fraction of sp³-hybridized carbons (Fsp3) is 0.484. The molecule has 0 radical (unpaired) electrons. The first-order valence-electron chi connectivity index (χ1n) is 13.3. The van der Waals surface area contributed by atoms with Gasteiger partial charge in [0.05, 0.1) is 17.3 Å². The molecule has 198 valence electrons.